The van der Waals surface area contributed by atoms with Gasteiger partial charge in [0, 0.05) is 31.3 Å². The molecule has 2 rings (SSSR count). The lowest BCUT2D eigenvalue weighted by Gasteiger charge is -2.11. The first-order valence-corrected chi connectivity index (χ1v) is 7.81. The smallest absolute Gasteiger partial charge is 0.151 e. The zero-order valence-corrected chi connectivity index (χ0v) is 13.9. The van der Waals surface area contributed by atoms with Crippen molar-refractivity contribution >= 4 is 23.1 Å². The second kappa shape index (κ2) is 7.24. The quantitative estimate of drug-likeness (QED) is 0.484. The minimum atomic E-state index is 0.515. The first-order chi connectivity index (χ1) is 10.6. The van der Waals surface area contributed by atoms with Crippen molar-refractivity contribution in [1.29, 1.82) is 0 Å². The van der Waals surface area contributed by atoms with Crippen molar-refractivity contribution in [1.82, 2.24) is 14.5 Å². The first kappa shape index (κ1) is 16.3. The normalized spacial score (nSPS) is 11.6. The Balaban J connectivity index is 2.38. The van der Waals surface area contributed by atoms with Crippen LogP contribution in [-0.4, -0.2) is 27.4 Å². The van der Waals surface area contributed by atoms with Crippen LogP contribution in [0.1, 0.15) is 43.8 Å². The summed E-state index contributed by atoms with van der Waals surface area (Å²) < 4.78 is 2.26. The summed E-state index contributed by atoms with van der Waals surface area (Å²) in [6, 6.07) is 0. The topological polar surface area (TPSA) is 78.3 Å². The maximum atomic E-state index is 6.07. The molecule has 0 aliphatic heterocycles. The van der Waals surface area contributed by atoms with E-state index >= 15 is 0 Å². The molecular weight excluding hydrogens is 278 g/mol. The molecule has 0 radical (unpaired) electrons. The maximum Gasteiger partial charge on any atom is 0.151 e. The maximum absolute atomic E-state index is 6.07. The van der Waals surface area contributed by atoms with Gasteiger partial charge in [0.05, 0.1) is 5.52 Å². The van der Waals surface area contributed by atoms with E-state index in [0.29, 0.717) is 12.4 Å². The molecule has 22 heavy (non-hydrogen) atoms. The second-order valence-electron chi connectivity index (χ2n) is 5.38. The Hall–Kier alpha value is -2.11. The van der Waals surface area contributed by atoms with Crippen LogP contribution >= 0.6 is 0 Å². The van der Waals surface area contributed by atoms with Crippen LogP contribution in [-0.2, 0) is 17.8 Å². The molecule has 0 aliphatic carbocycles. The molecule has 0 aliphatic rings. The summed E-state index contributed by atoms with van der Waals surface area (Å²) in [5.74, 6) is 1.58. The van der Waals surface area contributed by atoms with Gasteiger partial charge in [0.1, 0.15) is 17.9 Å². The van der Waals surface area contributed by atoms with Crippen molar-refractivity contribution in [2.75, 3.05) is 12.3 Å². The van der Waals surface area contributed by atoms with Crippen LogP contribution < -0.4 is 5.73 Å². The highest BCUT2D eigenvalue weighted by atomic mass is 16.6. The van der Waals surface area contributed by atoms with Gasteiger partial charge in [-0.1, -0.05) is 12.1 Å². The van der Waals surface area contributed by atoms with E-state index in [1.54, 1.807) is 6.21 Å². The largest absolute Gasteiger partial charge is 0.396 e. The molecule has 0 spiro atoms. The van der Waals surface area contributed by atoms with Gasteiger partial charge >= 0.3 is 0 Å². The van der Waals surface area contributed by atoms with E-state index in [1.165, 1.54) is 0 Å². The monoisotopic (exact) mass is 303 g/mol. The zero-order valence-electron chi connectivity index (χ0n) is 13.9. The molecule has 6 heteroatoms. The Bertz CT molecular complexity index is 675. The molecule has 0 amide bonds. The number of anilines is 1. The fraction of sp³-hybridized carbons (Fsp3) is 0.562. The number of nitrogen functional groups attached to an aromatic ring is 1. The standard InChI is InChI=1S/C16H25N5O/c1-5-8-13-20-14-15(11(3)12(4)19-16(14)17)21(13)9-7-10-22-18-6-2/h6H,5,7-10H2,1-4H3,(H2,17,19)/b18-6-. The predicted molar refractivity (Wildman–Crippen MR) is 90.1 cm³/mol. The summed E-state index contributed by atoms with van der Waals surface area (Å²) in [5.41, 5.74) is 10.1. The van der Waals surface area contributed by atoms with Gasteiger partial charge in [0.2, 0.25) is 0 Å². The Morgan fingerprint density at radius 2 is 2.09 bits per heavy atom. The van der Waals surface area contributed by atoms with E-state index in [-0.39, 0.29) is 0 Å². The lowest BCUT2D eigenvalue weighted by atomic mass is 10.2. The van der Waals surface area contributed by atoms with Gasteiger partial charge in [0.15, 0.2) is 5.82 Å². The number of aromatic nitrogens is 3. The molecule has 2 heterocycles. The van der Waals surface area contributed by atoms with Crippen LogP contribution in [0.15, 0.2) is 5.16 Å². The van der Waals surface area contributed by atoms with Crippen molar-refractivity contribution in [2.24, 2.45) is 5.16 Å². The molecule has 0 bridgehead atoms. The predicted octanol–water partition coefficient (Wildman–Crippen LogP) is 3.00. The van der Waals surface area contributed by atoms with Crippen LogP contribution in [0.2, 0.25) is 0 Å². The highest BCUT2D eigenvalue weighted by Gasteiger charge is 2.16. The van der Waals surface area contributed by atoms with E-state index in [2.05, 4.69) is 28.6 Å². The van der Waals surface area contributed by atoms with E-state index in [0.717, 1.165) is 53.9 Å². The molecule has 120 valence electrons. The van der Waals surface area contributed by atoms with Gasteiger partial charge in [-0.15, -0.1) is 0 Å². The molecule has 0 saturated heterocycles. The van der Waals surface area contributed by atoms with Crippen LogP contribution in [0.3, 0.4) is 0 Å². The van der Waals surface area contributed by atoms with Crippen molar-refractivity contribution in [3.63, 3.8) is 0 Å². The van der Waals surface area contributed by atoms with Gasteiger partial charge < -0.3 is 15.1 Å². The average Bonchev–Trinajstić information content (AvgIpc) is 2.84. The molecule has 2 aromatic heterocycles. The average molecular weight is 303 g/mol. The van der Waals surface area contributed by atoms with Gasteiger partial charge in [-0.2, -0.15) is 0 Å². The molecule has 0 fully saturated rings. The zero-order chi connectivity index (χ0) is 16.1. The van der Waals surface area contributed by atoms with Gasteiger partial charge in [-0.3, -0.25) is 0 Å². The van der Waals surface area contributed by atoms with Crippen LogP contribution in [0, 0.1) is 13.8 Å². The number of aryl methyl sites for hydroxylation is 4. The molecule has 6 nitrogen and oxygen atoms in total. The molecule has 0 aromatic carbocycles. The highest BCUT2D eigenvalue weighted by molar-refractivity contribution is 5.88. The summed E-state index contributed by atoms with van der Waals surface area (Å²) in [5, 5.41) is 3.78. The fourth-order valence-corrected chi connectivity index (χ4v) is 2.62. The minimum Gasteiger partial charge on any atom is -0.396 e. The molecule has 0 saturated carbocycles. The van der Waals surface area contributed by atoms with E-state index < -0.39 is 0 Å². The number of imidazole rings is 1. The molecular formula is C16H25N5O. The third-order valence-electron chi connectivity index (χ3n) is 3.75. The SMILES string of the molecule is C/C=N\OCCCn1c(CCC)nc2c(N)nc(C)c(C)c21. The summed E-state index contributed by atoms with van der Waals surface area (Å²) in [7, 11) is 0. The lowest BCUT2D eigenvalue weighted by molar-refractivity contribution is 0.139. The first-order valence-electron chi connectivity index (χ1n) is 7.81. The lowest BCUT2D eigenvalue weighted by Crippen LogP contribution is -2.07. The number of nitrogens with two attached hydrogens (primary N) is 1. The van der Waals surface area contributed by atoms with Crippen LogP contribution in [0.5, 0.6) is 0 Å². The summed E-state index contributed by atoms with van der Waals surface area (Å²) in [4.78, 5) is 14.3. The minimum absolute atomic E-state index is 0.515. The Morgan fingerprint density at radius 1 is 1.32 bits per heavy atom. The van der Waals surface area contributed by atoms with Crippen LogP contribution in [0.25, 0.3) is 11.0 Å². The van der Waals surface area contributed by atoms with E-state index in [4.69, 9.17) is 15.6 Å². The number of rotatable bonds is 7. The third kappa shape index (κ3) is 3.21. The van der Waals surface area contributed by atoms with Crippen LogP contribution in [0.4, 0.5) is 5.82 Å². The Morgan fingerprint density at radius 3 is 2.77 bits per heavy atom. The number of nitrogens with zero attached hydrogens (tertiary/aromatic N) is 4. The fourth-order valence-electron chi connectivity index (χ4n) is 2.62. The number of oxime groups is 1. The Kier molecular flexibility index (Phi) is 5.35. The van der Waals surface area contributed by atoms with Gasteiger partial charge in [0.25, 0.3) is 0 Å². The second-order valence-corrected chi connectivity index (χ2v) is 5.38. The van der Waals surface area contributed by atoms with Crippen molar-refractivity contribution < 1.29 is 4.84 Å². The van der Waals surface area contributed by atoms with Crippen molar-refractivity contribution in [3.05, 3.63) is 17.1 Å². The van der Waals surface area contributed by atoms with E-state index in [1.807, 2.05) is 13.8 Å². The molecule has 0 unspecified atom stereocenters. The van der Waals surface area contributed by atoms with Crippen molar-refractivity contribution in [3.8, 4) is 0 Å². The number of pyridine rings is 1. The van der Waals surface area contributed by atoms with Crippen molar-refractivity contribution in [2.45, 2.75) is 53.5 Å². The highest BCUT2D eigenvalue weighted by Crippen LogP contribution is 2.26. The summed E-state index contributed by atoms with van der Waals surface area (Å²) >= 11 is 0. The Labute approximate surface area is 131 Å². The summed E-state index contributed by atoms with van der Waals surface area (Å²) in [6.45, 7) is 9.49. The van der Waals surface area contributed by atoms with Gasteiger partial charge in [-0.05, 0) is 32.8 Å². The van der Waals surface area contributed by atoms with Gasteiger partial charge in [-0.25, -0.2) is 9.97 Å². The molecule has 2 aromatic rings. The molecule has 0 atom stereocenters. The summed E-state index contributed by atoms with van der Waals surface area (Å²) in [6.07, 6.45) is 4.50. The molecule has 2 N–H and O–H groups in total. The third-order valence-corrected chi connectivity index (χ3v) is 3.75. The number of fused-ring (bicyclic) bond motifs is 1. The number of hydrogen-bond acceptors (Lipinski definition) is 5. The number of hydrogen-bond donors (Lipinski definition) is 1. The van der Waals surface area contributed by atoms with E-state index in [9.17, 15) is 0 Å².